The van der Waals surface area contributed by atoms with Crippen molar-refractivity contribution in [3.63, 3.8) is 0 Å². The van der Waals surface area contributed by atoms with E-state index in [-0.39, 0.29) is 5.56 Å². The lowest BCUT2D eigenvalue weighted by molar-refractivity contribution is 0.697. The fourth-order valence-electron chi connectivity index (χ4n) is 1.34. The van der Waals surface area contributed by atoms with Gasteiger partial charge in [-0.1, -0.05) is 0 Å². The van der Waals surface area contributed by atoms with Crippen LogP contribution in [-0.2, 0) is 13.6 Å². The number of hydrogen-bond acceptors (Lipinski definition) is 2. The van der Waals surface area contributed by atoms with Gasteiger partial charge in [0.25, 0.3) is 5.56 Å². The quantitative estimate of drug-likeness (QED) is 0.825. The molecule has 2 heterocycles. The number of pyridine rings is 1. The van der Waals surface area contributed by atoms with Crippen molar-refractivity contribution in [2.75, 3.05) is 0 Å². The number of aromatic nitrogens is 3. The molecule has 0 saturated carbocycles. The van der Waals surface area contributed by atoms with Crippen LogP contribution in [0.15, 0.2) is 40.1 Å². The van der Waals surface area contributed by atoms with Gasteiger partial charge in [0.2, 0.25) is 0 Å². The summed E-state index contributed by atoms with van der Waals surface area (Å²) in [7, 11) is 1.91. The molecule has 0 radical (unpaired) electrons. The van der Waals surface area contributed by atoms with Gasteiger partial charge in [-0.3, -0.25) is 4.79 Å². The maximum absolute atomic E-state index is 11.7. The second-order valence-corrected chi connectivity index (χ2v) is 4.14. The lowest BCUT2D eigenvalue weighted by Gasteiger charge is -2.05. The van der Waals surface area contributed by atoms with E-state index >= 15 is 0 Å². The van der Waals surface area contributed by atoms with Crippen molar-refractivity contribution in [2.45, 2.75) is 6.54 Å². The highest BCUT2D eigenvalue weighted by Gasteiger charge is 2.03. The van der Waals surface area contributed by atoms with Crippen molar-refractivity contribution in [1.29, 1.82) is 0 Å². The summed E-state index contributed by atoms with van der Waals surface area (Å²) in [5.74, 6) is 0. The van der Waals surface area contributed by atoms with E-state index in [1.54, 1.807) is 29.4 Å². The molecule has 0 spiro atoms. The van der Waals surface area contributed by atoms with Crippen LogP contribution in [0.2, 0.25) is 0 Å². The zero-order valence-corrected chi connectivity index (χ0v) is 9.81. The molecule has 0 atom stereocenters. The minimum Gasteiger partial charge on any atom is -0.336 e. The molecule has 0 aliphatic rings. The van der Waals surface area contributed by atoms with Gasteiger partial charge in [0.15, 0.2) is 0 Å². The first-order valence-corrected chi connectivity index (χ1v) is 5.28. The Kier molecular flexibility index (Phi) is 2.73. The zero-order valence-electron chi connectivity index (χ0n) is 8.22. The van der Waals surface area contributed by atoms with Crippen LogP contribution in [0.5, 0.6) is 0 Å². The van der Waals surface area contributed by atoms with Gasteiger partial charge in [0.1, 0.15) is 0 Å². The first-order chi connectivity index (χ1) is 7.18. The van der Waals surface area contributed by atoms with Crippen LogP contribution in [0, 0.1) is 0 Å². The second kappa shape index (κ2) is 4.02. The molecule has 0 saturated heterocycles. The van der Waals surface area contributed by atoms with E-state index in [0.29, 0.717) is 11.0 Å². The third kappa shape index (κ3) is 2.02. The summed E-state index contributed by atoms with van der Waals surface area (Å²) >= 11 is 3.21. The highest BCUT2D eigenvalue weighted by Crippen LogP contribution is 2.03. The molecule has 0 fully saturated rings. The van der Waals surface area contributed by atoms with Gasteiger partial charge in [0.05, 0.1) is 23.0 Å². The van der Waals surface area contributed by atoms with Crippen LogP contribution < -0.4 is 5.56 Å². The Hall–Kier alpha value is -1.36. The zero-order chi connectivity index (χ0) is 10.8. The molecule has 2 aromatic heterocycles. The molecule has 0 amide bonds. The van der Waals surface area contributed by atoms with Crippen molar-refractivity contribution in [3.8, 4) is 0 Å². The van der Waals surface area contributed by atoms with Gasteiger partial charge in [-0.05, 0) is 28.1 Å². The van der Waals surface area contributed by atoms with Gasteiger partial charge in [0, 0.05) is 19.4 Å². The summed E-state index contributed by atoms with van der Waals surface area (Å²) in [4.78, 5) is 15.7. The van der Waals surface area contributed by atoms with Crippen molar-refractivity contribution in [2.24, 2.45) is 7.05 Å². The number of aryl methyl sites for hydroxylation is 1. The van der Waals surface area contributed by atoms with E-state index in [2.05, 4.69) is 20.9 Å². The Labute approximate surface area is 95.3 Å². The van der Waals surface area contributed by atoms with Crippen LogP contribution in [-0.4, -0.2) is 14.1 Å². The number of nitrogens with zero attached hydrogens (tertiary/aromatic N) is 3. The van der Waals surface area contributed by atoms with Gasteiger partial charge in [-0.25, -0.2) is 4.98 Å². The molecular formula is C10H10BrN3O. The third-order valence-corrected chi connectivity index (χ3v) is 2.83. The van der Waals surface area contributed by atoms with Crippen LogP contribution in [0.25, 0.3) is 0 Å². The summed E-state index contributed by atoms with van der Waals surface area (Å²) in [6.07, 6.45) is 5.24. The number of halogens is 1. The normalized spacial score (nSPS) is 10.5. The van der Waals surface area contributed by atoms with Gasteiger partial charge >= 0.3 is 0 Å². The van der Waals surface area contributed by atoms with Gasteiger partial charge in [-0.2, -0.15) is 0 Å². The van der Waals surface area contributed by atoms with E-state index in [4.69, 9.17) is 0 Å². The molecule has 0 aromatic carbocycles. The molecular weight excluding hydrogens is 258 g/mol. The maximum Gasteiger partial charge on any atom is 0.265 e. The van der Waals surface area contributed by atoms with Crippen LogP contribution in [0.1, 0.15) is 5.69 Å². The molecule has 0 bridgehead atoms. The van der Waals surface area contributed by atoms with E-state index in [0.717, 1.165) is 5.69 Å². The van der Waals surface area contributed by atoms with E-state index in [9.17, 15) is 4.79 Å². The van der Waals surface area contributed by atoms with Crippen molar-refractivity contribution in [3.05, 3.63) is 51.4 Å². The molecule has 0 aliphatic carbocycles. The molecule has 0 aliphatic heterocycles. The molecule has 15 heavy (non-hydrogen) atoms. The van der Waals surface area contributed by atoms with Gasteiger partial charge in [-0.15, -0.1) is 0 Å². The molecule has 0 N–H and O–H groups in total. The molecule has 78 valence electrons. The summed E-state index contributed by atoms with van der Waals surface area (Å²) in [6, 6.07) is 3.57. The van der Waals surface area contributed by atoms with Crippen molar-refractivity contribution < 1.29 is 0 Å². The predicted octanol–water partition coefficient (Wildman–Crippen LogP) is 1.39. The van der Waals surface area contributed by atoms with Crippen LogP contribution >= 0.6 is 15.9 Å². The highest BCUT2D eigenvalue weighted by atomic mass is 79.9. The molecule has 2 aromatic rings. The Bertz CT molecular complexity index is 529. The fourth-order valence-corrected chi connectivity index (χ4v) is 1.72. The average molecular weight is 268 g/mol. The van der Waals surface area contributed by atoms with Crippen LogP contribution in [0.3, 0.4) is 0 Å². The Morgan fingerprint density at radius 3 is 3.00 bits per heavy atom. The van der Waals surface area contributed by atoms with E-state index < -0.39 is 0 Å². The highest BCUT2D eigenvalue weighted by molar-refractivity contribution is 9.10. The summed E-state index contributed by atoms with van der Waals surface area (Å²) in [6.45, 7) is 0.536. The smallest absolute Gasteiger partial charge is 0.265 e. The monoisotopic (exact) mass is 267 g/mol. The summed E-state index contributed by atoms with van der Waals surface area (Å²) in [5, 5.41) is 0. The first-order valence-electron chi connectivity index (χ1n) is 4.48. The largest absolute Gasteiger partial charge is 0.336 e. The average Bonchev–Trinajstić information content (AvgIpc) is 2.60. The Morgan fingerprint density at radius 1 is 1.53 bits per heavy atom. The number of imidazole rings is 1. The summed E-state index contributed by atoms with van der Waals surface area (Å²) in [5.41, 5.74) is 0.967. The van der Waals surface area contributed by atoms with Crippen LogP contribution in [0.4, 0.5) is 0 Å². The summed E-state index contributed by atoms with van der Waals surface area (Å²) < 4.78 is 4.11. The fraction of sp³-hybridized carbons (Fsp3) is 0.200. The standard InChI is InChI=1S/C10H10BrN3O/c1-13-7-12-5-8(13)6-14-4-2-3-9(11)10(14)15/h2-5,7H,6H2,1H3. The molecule has 5 heteroatoms. The van der Waals surface area contributed by atoms with Crippen molar-refractivity contribution in [1.82, 2.24) is 14.1 Å². The second-order valence-electron chi connectivity index (χ2n) is 3.29. The van der Waals surface area contributed by atoms with E-state index in [1.165, 1.54) is 0 Å². The predicted molar refractivity (Wildman–Crippen MR) is 60.7 cm³/mol. The number of rotatable bonds is 2. The molecule has 2 rings (SSSR count). The molecule has 0 unspecified atom stereocenters. The third-order valence-electron chi connectivity index (χ3n) is 2.22. The Balaban J connectivity index is 2.37. The Morgan fingerprint density at radius 2 is 2.33 bits per heavy atom. The topological polar surface area (TPSA) is 39.8 Å². The number of hydrogen-bond donors (Lipinski definition) is 0. The first kappa shape index (κ1) is 10.2. The minimum absolute atomic E-state index is 0.0290. The van der Waals surface area contributed by atoms with Gasteiger partial charge < -0.3 is 9.13 Å². The lowest BCUT2D eigenvalue weighted by atomic mass is 10.4. The van der Waals surface area contributed by atoms with Crippen molar-refractivity contribution >= 4 is 15.9 Å². The minimum atomic E-state index is -0.0290. The maximum atomic E-state index is 11.7. The SMILES string of the molecule is Cn1cncc1Cn1cccc(Br)c1=O. The molecule has 4 nitrogen and oxygen atoms in total. The van der Waals surface area contributed by atoms with E-state index in [1.807, 2.05) is 17.7 Å². The lowest BCUT2D eigenvalue weighted by Crippen LogP contribution is -2.21.